The van der Waals surface area contributed by atoms with Gasteiger partial charge in [-0.1, -0.05) is 83.2 Å². The third-order valence-electron chi connectivity index (χ3n) is 17.8. The van der Waals surface area contributed by atoms with Gasteiger partial charge in [0.15, 0.2) is 0 Å². The van der Waals surface area contributed by atoms with Crippen LogP contribution >= 0.6 is 0 Å². The van der Waals surface area contributed by atoms with Gasteiger partial charge in [-0.2, -0.15) is 0 Å². The van der Waals surface area contributed by atoms with Crippen LogP contribution in [-0.2, 0) is 0 Å². The lowest BCUT2D eigenvalue weighted by Crippen LogP contribution is -2.54. The molecule has 2 heterocycles. The van der Waals surface area contributed by atoms with Crippen molar-refractivity contribution in [3.63, 3.8) is 0 Å². The minimum Gasteiger partial charge on any atom is -0.311 e. The first kappa shape index (κ1) is 25.9. The number of rotatable bonds is 6. The molecule has 288 valence electrons. The highest BCUT2D eigenvalue weighted by Gasteiger charge is 2.58. The number of hydrogen-bond donors (Lipinski definition) is 2. The van der Waals surface area contributed by atoms with Crippen LogP contribution in [0.25, 0.3) is 0 Å². The van der Waals surface area contributed by atoms with Crippen LogP contribution in [0, 0.1) is 59.2 Å². The predicted molar refractivity (Wildman–Crippen MR) is 213 cm³/mol. The van der Waals surface area contributed by atoms with Crippen molar-refractivity contribution in [1.82, 2.24) is 15.5 Å². The van der Waals surface area contributed by atoms with Gasteiger partial charge in [0.1, 0.15) is 0 Å². The lowest BCUT2D eigenvalue weighted by Gasteiger charge is -2.51. The SMILES string of the molecule is [2H]C1C([2H])C([2H])C(C2CCC(N(C3CCC(C4CCCC5C6CCC7NC8CCCCC8C7C6NC45)CC3)C3CCC(C4C([2H])C([2H])C([2H])C([2H])C4[2H])CC3)CC2)C([2H])C1[2H]. The van der Waals surface area contributed by atoms with Crippen LogP contribution in [0.3, 0.4) is 0 Å². The molecule has 3 nitrogen and oxygen atoms in total. The van der Waals surface area contributed by atoms with Crippen LogP contribution in [0.1, 0.15) is 213 Å². The normalized spacial score (nSPS) is 69.3. The molecule has 0 radical (unpaired) electrons. The molecular formula is C48H81N3. The van der Waals surface area contributed by atoms with E-state index in [1.165, 1.54) is 83.5 Å². The second-order valence-electron chi connectivity index (χ2n) is 19.9. The van der Waals surface area contributed by atoms with Crippen LogP contribution in [-0.4, -0.2) is 47.2 Å². The van der Waals surface area contributed by atoms with Crippen molar-refractivity contribution in [3.05, 3.63) is 0 Å². The second kappa shape index (κ2) is 15.8. The van der Waals surface area contributed by atoms with Gasteiger partial charge in [-0.05, 0) is 175 Å². The molecule has 17 unspecified atom stereocenters. The van der Waals surface area contributed by atoms with Crippen LogP contribution in [0.15, 0.2) is 0 Å². The summed E-state index contributed by atoms with van der Waals surface area (Å²) in [6.45, 7) is 0. The molecule has 0 bridgehead atoms. The molecular weight excluding hydrogens is 619 g/mol. The zero-order valence-electron chi connectivity index (χ0n) is 41.9. The average molecular weight is 710 g/mol. The summed E-state index contributed by atoms with van der Waals surface area (Å²) in [5, 5.41) is 8.67. The van der Waals surface area contributed by atoms with Gasteiger partial charge >= 0.3 is 0 Å². The van der Waals surface area contributed by atoms with Gasteiger partial charge in [-0.3, -0.25) is 4.90 Å². The van der Waals surface area contributed by atoms with Crippen molar-refractivity contribution < 1.29 is 13.7 Å². The largest absolute Gasteiger partial charge is 0.311 e. The zero-order valence-corrected chi connectivity index (χ0v) is 31.9. The number of nitrogens with one attached hydrogen (secondary N) is 2. The topological polar surface area (TPSA) is 27.3 Å². The highest BCUT2D eigenvalue weighted by molar-refractivity contribution is 5.14. The first-order chi connectivity index (χ1) is 29.4. The first-order valence-corrected chi connectivity index (χ1v) is 22.9. The summed E-state index contributed by atoms with van der Waals surface area (Å²) in [7, 11) is 0. The Hall–Kier alpha value is -0.120. The van der Waals surface area contributed by atoms with Crippen molar-refractivity contribution in [1.29, 1.82) is 0 Å². The summed E-state index contributed by atoms with van der Waals surface area (Å²) in [6.07, 6.45) is 17.1. The fourth-order valence-electron chi connectivity index (χ4n) is 15.5. The quantitative estimate of drug-likeness (QED) is 0.287. The monoisotopic (exact) mass is 710 g/mol. The maximum absolute atomic E-state index is 8.92. The molecule has 10 rings (SSSR count). The van der Waals surface area contributed by atoms with Gasteiger partial charge in [0, 0.05) is 56.0 Å². The molecule has 10 aliphatic rings. The zero-order chi connectivity index (χ0) is 42.4. The summed E-state index contributed by atoms with van der Waals surface area (Å²) in [6, 6.07) is 4.34. The van der Waals surface area contributed by atoms with Crippen molar-refractivity contribution in [2.45, 2.75) is 241 Å². The van der Waals surface area contributed by atoms with E-state index >= 15 is 0 Å². The van der Waals surface area contributed by atoms with Gasteiger partial charge in [-0.15, -0.1) is 0 Å². The molecule has 0 aromatic rings. The number of hydrogen-bond acceptors (Lipinski definition) is 3. The van der Waals surface area contributed by atoms with E-state index in [1.54, 1.807) is 0 Å². The number of fused-ring (bicyclic) bond motifs is 7. The van der Waals surface area contributed by atoms with Crippen molar-refractivity contribution in [2.75, 3.05) is 0 Å². The molecule has 17 atom stereocenters. The Morgan fingerprint density at radius 2 is 0.863 bits per heavy atom. The van der Waals surface area contributed by atoms with E-state index in [4.69, 9.17) is 13.7 Å². The number of nitrogens with zero attached hydrogens (tertiary/aromatic N) is 1. The molecule has 8 aliphatic carbocycles. The average Bonchev–Trinajstić information content (AvgIpc) is 3.86. The fraction of sp³-hybridized carbons (Fsp3) is 1.00. The Kier molecular flexibility index (Phi) is 8.03. The highest BCUT2D eigenvalue weighted by Crippen LogP contribution is 2.55. The molecule has 0 aromatic carbocycles. The van der Waals surface area contributed by atoms with E-state index in [0.29, 0.717) is 24.2 Å². The van der Waals surface area contributed by atoms with E-state index in [2.05, 4.69) is 15.5 Å². The maximum atomic E-state index is 8.92. The smallest absolute Gasteiger partial charge is 0.0269 e. The Morgan fingerprint density at radius 3 is 1.47 bits per heavy atom. The predicted octanol–water partition coefficient (Wildman–Crippen LogP) is 11.4. The molecule has 0 aromatic heterocycles. The van der Waals surface area contributed by atoms with Crippen molar-refractivity contribution in [2.24, 2.45) is 59.2 Å². The third-order valence-corrected chi connectivity index (χ3v) is 17.8. The summed E-state index contributed by atoms with van der Waals surface area (Å²) in [5.41, 5.74) is 0. The standard InChI is InChI=1S/C48H81N3/c1-3-10-32(11-4-1)34-18-24-37(25-19-34)51(38-26-20-35(21-27-38)33-12-5-2-6-13-33)39-28-22-36(23-29-39)40-15-9-16-41-42-30-31-45-46(48(42)50-47(40)41)43-14-7-8-17-44(43)49-45/h32-50H,1-31H2/i1D,2D,3D,4D,5D,6D,10D,11D,12D,13D. The molecule has 2 N–H and O–H groups in total. The van der Waals surface area contributed by atoms with Crippen LogP contribution in [0.4, 0.5) is 0 Å². The van der Waals surface area contributed by atoms with E-state index in [-0.39, 0.29) is 23.7 Å². The maximum Gasteiger partial charge on any atom is 0.0269 e. The van der Waals surface area contributed by atoms with Gasteiger partial charge in [0.2, 0.25) is 0 Å². The molecule has 8 saturated carbocycles. The molecule has 3 heteroatoms. The molecule has 2 saturated heterocycles. The van der Waals surface area contributed by atoms with Gasteiger partial charge in [0.25, 0.3) is 0 Å². The lowest BCUT2D eigenvalue weighted by atomic mass is 9.62. The summed E-state index contributed by atoms with van der Waals surface area (Å²) >= 11 is 0. The van der Waals surface area contributed by atoms with Gasteiger partial charge in [-0.25, -0.2) is 0 Å². The molecule has 0 spiro atoms. The van der Waals surface area contributed by atoms with Gasteiger partial charge < -0.3 is 10.6 Å². The van der Waals surface area contributed by atoms with Crippen LogP contribution < -0.4 is 10.6 Å². The van der Waals surface area contributed by atoms with E-state index in [1.807, 2.05) is 0 Å². The highest BCUT2D eigenvalue weighted by atomic mass is 15.2. The Labute approximate surface area is 329 Å². The van der Waals surface area contributed by atoms with Crippen LogP contribution in [0.2, 0.25) is 0 Å². The fourth-order valence-corrected chi connectivity index (χ4v) is 15.5. The molecule has 51 heavy (non-hydrogen) atoms. The molecule has 10 fully saturated rings. The third kappa shape index (κ3) is 6.99. The van der Waals surface area contributed by atoms with E-state index < -0.39 is 64.0 Å². The first-order valence-electron chi connectivity index (χ1n) is 28.7. The van der Waals surface area contributed by atoms with Crippen molar-refractivity contribution in [3.8, 4) is 0 Å². The van der Waals surface area contributed by atoms with Crippen LogP contribution in [0.5, 0.6) is 0 Å². The van der Waals surface area contributed by atoms with E-state index in [0.717, 1.165) is 105 Å². The molecule has 0 amide bonds. The van der Waals surface area contributed by atoms with Crippen molar-refractivity contribution >= 4 is 0 Å². The summed E-state index contributed by atoms with van der Waals surface area (Å²) < 4.78 is 86.6. The Morgan fingerprint density at radius 1 is 0.353 bits per heavy atom. The van der Waals surface area contributed by atoms with Gasteiger partial charge in [0.05, 0.1) is 0 Å². The Balaban J connectivity index is 0.825. The minimum absolute atomic E-state index is 0.176. The molecule has 2 aliphatic heterocycles. The van der Waals surface area contributed by atoms with E-state index in [9.17, 15) is 0 Å². The second-order valence-corrected chi connectivity index (χ2v) is 19.9. The summed E-state index contributed by atoms with van der Waals surface area (Å²) in [4.78, 5) is 2.97. The minimum atomic E-state index is -0.968. The summed E-state index contributed by atoms with van der Waals surface area (Å²) in [5.74, 6) is 4.82. The Bertz CT molecular complexity index is 1380. The lowest BCUT2D eigenvalue weighted by molar-refractivity contribution is -0.0132.